The van der Waals surface area contributed by atoms with Gasteiger partial charge in [-0.25, -0.2) is 4.68 Å². The van der Waals surface area contributed by atoms with Crippen LogP contribution in [0.3, 0.4) is 0 Å². The molecule has 0 radical (unpaired) electrons. The molecule has 1 amide bonds. The van der Waals surface area contributed by atoms with Crippen LogP contribution < -0.4 is 5.32 Å². The van der Waals surface area contributed by atoms with Crippen LogP contribution in [0.4, 0.5) is 5.69 Å². The van der Waals surface area contributed by atoms with Crippen molar-refractivity contribution in [2.45, 2.75) is 6.54 Å². The lowest BCUT2D eigenvalue weighted by Crippen LogP contribution is -2.12. The summed E-state index contributed by atoms with van der Waals surface area (Å²) in [7, 11) is 0. The molecule has 1 aromatic heterocycles. The number of rotatable bonds is 4. The molecule has 2 N–H and O–H groups in total. The Balaban J connectivity index is 2.05. The molecule has 92 valence electrons. The average molecular weight is 246 g/mol. The number of benzene rings is 1. The van der Waals surface area contributed by atoms with E-state index in [2.05, 4.69) is 15.6 Å². The van der Waals surface area contributed by atoms with E-state index < -0.39 is 11.9 Å². The number of nitrogens with one attached hydrogen (secondary N) is 1. The Hall–Kier alpha value is -2.70. The van der Waals surface area contributed by atoms with Crippen molar-refractivity contribution in [2.24, 2.45) is 0 Å². The molecule has 0 unspecified atom stereocenters. The van der Waals surface area contributed by atoms with Crippen molar-refractivity contribution in [3.63, 3.8) is 0 Å². The minimum absolute atomic E-state index is 0.0695. The molecule has 1 aromatic carbocycles. The van der Waals surface area contributed by atoms with E-state index in [0.717, 1.165) is 4.68 Å². The Morgan fingerprint density at radius 2 is 2.00 bits per heavy atom. The molecule has 0 spiro atoms. The van der Waals surface area contributed by atoms with Gasteiger partial charge in [-0.2, -0.15) is 0 Å². The van der Waals surface area contributed by atoms with Crippen molar-refractivity contribution in [2.75, 3.05) is 5.32 Å². The van der Waals surface area contributed by atoms with Gasteiger partial charge in [-0.1, -0.05) is 23.4 Å². The van der Waals surface area contributed by atoms with Gasteiger partial charge in [-0.15, -0.1) is 5.10 Å². The van der Waals surface area contributed by atoms with Crippen LogP contribution in [-0.2, 0) is 11.3 Å². The van der Waals surface area contributed by atoms with Crippen LogP contribution in [0.5, 0.6) is 0 Å². The summed E-state index contributed by atoms with van der Waals surface area (Å²) in [4.78, 5) is 22.2. The van der Waals surface area contributed by atoms with Gasteiger partial charge in [-0.05, 0) is 12.1 Å². The van der Waals surface area contributed by atoms with E-state index in [1.54, 1.807) is 24.3 Å². The maximum Gasteiger partial charge on any atom is 0.325 e. The predicted octanol–water partition coefficient (Wildman–Crippen LogP) is 0.615. The SMILES string of the molecule is O=C(O)Cn1cc(C(=O)Nc2ccccc2)nn1. The second-order valence-electron chi connectivity index (χ2n) is 3.52. The highest BCUT2D eigenvalue weighted by Crippen LogP contribution is 2.06. The number of nitrogens with zero attached hydrogens (tertiary/aromatic N) is 3. The first kappa shape index (κ1) is 11.8. The number of carbonyl (C=O) groups excluding carboxylic acids is 1. The molecule has 7 nitrogen and oxygen atoms in total. The van der Waals surface area contributed by atoms with E-state index in [4.69, 9.17) is 5.11 Å². The van der Waals surface area contributed by atoms with Crippen molar-refractivity contribution in [3.8, 4) is 0 Å². The quantitative estimate of drug-likeness (QED) is 0.824. The Morgan fingerprint density at radius 3 is 2.67 bits per heavy atom. The maximum absolute atomic E-state index is 11.7. The summed E-state index contributed by atoms with van der Waals surface area (Å²) in [6.45, 7) is -0.328. The average Bonchev–Trinajstić information content (AvgIpc) is 2.78. The lowest BCUT2D eigenvalue weighted by atomic mass is 10.3. The van der Waals surface area contributed by atoms with E-state index in [1.165, 1.54) is 6.20 Å². The van der Waals surface area contributed by atoms with Crippen molar-refractivity contribution < 1.29 is 14.7 Å². The lowest BCUT2D eigenvalue weighted by molar-refractivity contribution is -0.137. The highest BCUT2D eigenvalue weighted by Gasteiger charge is 2.11. The van der Waals surface area contributed by atoms with Gasteiger partial charge in [0, 0.05) is 5.69 Å². The van der Waals surface area contributed by atoms with E-state index in [0.29, 0.717) is 5.69 Å². The van der Waals surface area contributed by atoms with Crippen molar-refractivity contribution in [3.05, 3.63) is 42.2 Å². The summed E-state index contributed by atoms with van der Waals surface area (Å²) in [6.07, 6.45) is 1.28. The number of aromatic nitrogens is 3. The molecule has 0 aliphatic carbocycles. The Morgan fingerprint density at radius 1 is 1.28 bits per heavy atom. The Labute approximate surface area is 102 Å². The smallest absolute Gasteiger partial charge is 0.325 e. The van der Waals surface area contributed by atoms with Gasteiger partial charge < -0.3 is 10.4 Å². The summed E-state index contributed by atoms with van der Waals surface area (Å²) < 4.78 is 1.09. The normalized spacial score (nSPS) is 10.0. The summed E-state index contributed by atoms with van der Waals surface area (Å²) in [5, 5.41) is 18.3. The molecular formula is C11H10N4O3. The molecule has 0 saturated heterocycles. The topological polar surface area (TPSA) is 97.1 Å². The van der Waals surface area contributed by atoms with Crippen LogP contribution in [0, 0.1) is 0 Å². The summed E-state index contributed by atoms with van der Waals surface area (Å²) in [5.74, 6) is -1.48. The number of hydrogen-bond donors (Lipinski definition) is 2. The van der Waals surface area contributed by atoms with Crippen molar-refractivity contribution >= 4 is 17.6 Å². The lowest BCUT2D eigenvalue weighted by Gasteiger charge is -2.01. The first-order chi connectivity index (χ1) is 8.65. The standard InChI is InChI=1S/C11H10N4O3/c16-10(17)7-15-6-9(13-14-15)11(18)12-8-4-2-1-3-5-8/h1-6H,7H2,(H,12,18)(H,16,17). The molecule has 0 saturated carbocycles. The van der Waals surface area contributed by atoms with E-state index in [9.17, 15) is 9.59 Å². The van der Waals surface area contributed by atoms with Crippen LogP contribution in [0.2, 0.25) is 0 Å². The van der Waals surface area contributed by atoms with Crippen LogP contribution in [0.15, 0.2) is 36.5 Å². The summed E-state index contributed by atoms with van der Waals surface area (Å²) in [6, 6.07) is 8.88. The van der Waals surface area contributed by atoms with E-state index in [1.807, 2.05) is 6.07 Å². The van der Waals surface area contributed by atoms with Gasteiger partial charge in [0.05, 0.1) is 6.20 Å². The highest BCUT2D eigenvalue weighted by molar-refractivity contribution is 6.02. The largest absolute Gasteiger partial charge is 0.480 e. The zero-order valence-electron chi connectivity index (χ0n) is 9.28. The Kier molecular flexibility index (Phi) is 3.33. The number of carbonyl (C=O) groups is 2. The number of amides is 1. The van der Waals surface area contributed by atoms with Gasteiger partial charge >= 0.3 is 5.97 Å². The predicted molar refractivity (Wildman–Crippen MR) is 62.1 cm³/mol. The first-order valence-corrected chi connectivity index (χ1v) is 5.13. The number of carboxylic acids is 1. The van der Waals surface area contributed by atoms with Crippen LogP contribution in [-0.4, -0.2) is 32.0 Å². The number of aliphatic carboxylic acids is 1. The van der Waals surface area contributed by atoms with E-state index in [-0.39, 0.29) is 12.2 Å². The van der Waals surface area contributed by atoms with Crippen molar-refractivity contribution in [1.29, 1.82) is 0 Å². The number of hydrogen-bond acceptors (Lipinski definition) is 4. The molecule has 7 heteroatoms. The molecule has 0 aliphatic rings. The van der Waals surface area contributed by atoms with Crippen LogP contribution >= 0.6 is 0 Å². The summed E-state index contributed by atoms with van der Waals surface area (Å²) >= 11 is 0. The fourth-order valence-electron chi connectivity index (χ4n) is 1.33. The van der Waals surface area contributed by atoms with Gasteiger partial charge in [0.2, 0.25) is 0 Å². The fourth-order valence-corrected chi connectivity index (χ4v) is 1.33. The minimum Gasteiger partial charge on any atom is -0.480 e. The van der Waals surface area contributed by atoms with Crippen LogP contribution in [0.25, 0.3) is 0 Å². The van der Waals surface area contributed by atoms with Gasteiger partial charge in [0.1, 0.15) is 6.54 Å². The Bertz CT molecular complexity index is 565. The zero-order valence-corrected chi connectivity index (χ0v) is 9.28. The third-order valence-corrected chi connectivity index (χ3v) is 2.10. The highest BCUT2D eigenvalue weighted by atomic mass is 16.4. The molecule has 0 aliphatic heterocycles. The third-order valence-electron chi connectivity index (χ3n) is 2.10. The molecular weight excluding hydrogens is 236 g/mol. The second kappa shape index (κ2) is 5.09. The maximum atomic E-state index is 11.7. The van der Waals surface area contributed by atoms with Crippen LogP contribution in [0.1, 0.15) is 10.5 Å². The second-order valence-corrected chi connectivity index (χ2v) is 3.52. The monoisotopic (exact) mass is 246 g/mol. The molecule has 0 atom stereocenters. The molecule has 18 heavy (non-hydrogen) atoms. The fraction of sp³-hybridized carbons (Fsp3) is 0.0909. The minimum atomic E-state index is -1.05. The zero-order chi connectivity index (χ0) is 13.0. The van der Waals surface area contributed by atoms with E-state index >= 15 is 0 Å². The number of para-hydroxylation sites is 1. The first-order valence-electron chi connectivity index (χ1n) is 5.13. The summed E-state index contributed by atoms with van der Waals surface area (Å²) in [5.41, 5.74) is 0.704. The molecule has 2 rings (SSSR count). The number of carboxylic acid groups (broad SMARTS) is 1. The van der Waals surface area contributed by atoms with Gasteiger partial charge in [0.15, 0.2) is 5.69 Å². The molecule has 0 fully saturated rings. The molecule has 2 aromatic rings. The molecule has 1 heterocycles. The van der Waals surface area contributed by atoms with Crippen molar-refractivity contribution in [1.82, 2.24) is 15.0 Å². The molecule has 0 bridgehead atoms. The van der Waals surface area contributed by atoms with Gasteiger partial charge in [-0.3, -0.25) is 9.59 Å². The van der Waals surface area contributed by atoms with Gasteiger partial charge in [0.25, 0.3) is 5.91 Å². The number of anilines is 1. The third kappa shape index (κ3) is 2.91.